The number of imidazole rings is 1. The third-order valence-corrected chi connectivity index (χ3v) is 5.40. The van der Waals surface area contributed by atoms with Gasteiger partial charge in [-0.05, 0) is 24.3 Å². The van der Waals surface area contributed by atoms with Gasteiger partial charge in [0.15, 0.2) is 9.84 Å². The number of hydrogen-bond donors (Lipinski definition) is 1. The van der Waals surface area contributed by atoms with Crippen molar-refractivity contribution in [3.63, 3.8) is 0 Å². The van der Waals surface area contributed by atoms with Gasteiger partial charge in [-0.3, -0.25) is 9.36 Å². The molecule has 0 aliphatic rings. The summed E-state index contributed by atoms with van der Waals surface area (Å²) in [5, 5.41) is 2.64. The van der Waals surface area contributed by atoms with Crippen molar-refractivity contribution in [1.82, 2.24) is 14.9 Å². The van der Waals surface area contributed by atoms with E-state index in [9.17, 15) is 13.2 Å². The number of carbonyl (C=O) groups excluding carboxylic acids is 1. The molecule has 0 fully saturated rings. The van der Waals surface area contributed by atoms with Gasteiger partial charge in [0.25, 0.3) is 5.91 Å². The summed E-state index contributed by atoms with van der Waals surface area (Å²) in [6.07, 6.45) is 3.00. The molecule has 2 aromatic carbocycles. The molecule has 0 bridgehead atoms. The van der Waals surface area contributed by atoms with Gasteiger partial charge in [-0.1, -0.05) is 36.4 Å². The highest BCUT2D eigenvalue weighted by Gasteiger charge is 2.16. The molecule has 0 saturated carbocycles. The monoisotopic (exact) mass is 355 g/mol. The Kier molecular flexibility index (Phi) is 4.95. The van der Waals surface area contributed by atoms with Crippen LogP contribution in [0.5, 0.6) is 0 Å². The number of carbonyl (C=O) groups is 1. The first kappa shape index (κ1) is 16.9. The van der Waals surface area contributed by atoms with Gasteiger partial charge in [0.2, 0.25) is 0 Å². The maximum Gasteiger partial charge on any atom is 0.269 e. The minimum atomic E-state index is -3.42. The van der Waals surface area contributed by atoms with Crippen LogP contribution in [0.4, 0.5) is 0 Å². The number of amides is 1. The smallest absolute Gasteiger partial charge is 0.269 e. The van der Waals surface area contributed by atoms with Crippen LogP contribution in [0.15, 0.2) is 78.1 Å². The average Bonchev–Trinajstić information content (AvgIpc) is 3.13. The van der Waals surface area contributed by atoms with Crippen molar-refractivity contribution < 1.29 is 13.2 Å². The van der Waals surface area contributed by atoms with Gasteiger partial charge in [-0.2, -0.15) is 0 Å². The number of sulfone groups is 1. The molecular formula is C18H17N3O3S. The van der Waals surface area contributed by atoms with Crippen molar-refractivity contribution in [1.29, 1.82) is 0 Å². The van der Waals surface area contributed by atoms with Gasteiger partial charge in [-0.15, -0.1) is 0 Å². The Bertz CT molecular complexity index is 952. The summed E-state index contributed by atoms with van der Waals surface area (Å²) >= 11 is 0. The highest BCUT2D eigenvalue weighted by atomic mass is 32.2. The first-order chi connectivity index (χ1) is 12.1. The molecule has 1 amide bonds. The van der Waals surface area contributed by atoms with Gasteiger partial charge >= 0.3 is 0 Å². The van der Waals surface area contributed by atoms with Gasteiger partial charge in [-0.25, -0.2) is 13.4 Å². The predicted octanol–water partition coefficient (Wildman–Crippen LogP) is 2.08. The second-order valence-corrected chi connectivity index (χ2v) is 7.48. The number of nitrogens with zero attached hydrogens (tertiary/aromatic N) is 2. The SMILES string of the molecule is O=C(NCCS(=O)(=O)c1ccccc1)c1cncn1-c1ccccc1. The number of aromatic nitrogens is 2. The lowest BCUT2D eigenvalue weighted by Gasteiger charge is -2.09. The first-order valence-corrected chi connectivity index (χ1v) is 9.37. The Labute approximate surface area is 146 Å². The van der Waals surface area contributed by atoms with Crippen molar-refractivity contribution in [2.75, 3.05) is 12.3 Å². The minimum absolute atomic E-state index is 0.0238. The maximum atomic E-state index is 12.4. The van der Waals surface area contributed by atoms with Gasteiger partial charge in [0, 0.05) is 12.2 Å². The average molecular weight is 355 g/mol. The Balaban J connectivity index is 1.66. The molecule has 1 aromatic heterocycles. The third kappa shape index (κ3) is 3.95. The van der Waals surface area contributed by atoms with Crippen LogP contribution in [0.2, 0.25) is 0 Å². The maximum absolute atomic E-state index is 12.4. The zero-order valence-electron chi connectivity index (χ0n) is 13.4. The molecule has 6 nitrogen and oxygen atoms in total. The van der Waals surface area contributed by atoms with Crippen LogP contribution in [0.1, 0.15) is 10.5 Å². The van der Waals surface area contributed by atoms with Gasteiger partial charge in [0.05, 0.1) is 23.2 Å². The van der Waals surface area contributed by atoms with E-state index in [2.05, 4.69) is 10.3 Å². The van der Waals surface area contributed by atoms with Crippen LogP contribution < -0.4 is 5.32 Å². The number of para-hydroxylation sites is 1. The molecular weight excluding hydrogens is 338 g/mol. The molecule has 3 aromatic rings. The van der Waals surface area contributed by atoms with Gasteiger partial charge < -0.3 is 5.32 Å². The van der Waals surface area contributed by atoms with E-state index in [1.54, 1.807) is 41.2 Å². The fourth-order valence-electron chi connectivity index (χ4n) is 2.39. The Morgan fingerprint density at radius 2 is 1.64 bits per heavy atom. The lowest BCUT2D eigenvalue weighted by molar-refractivity contribution is 0.0949. The molecule has 1 N–H and O–H groups in total. The zero-order valence-corrected chi connectivity index (χ0v) is 14.2. The Morgan fingerprint density at radius 3 is 2.32 bits per heavy atom. The third-order valence-electron chi connectivity index (χ3n) is 3.66. The highest BCUT2D eigenvalue weighted by molar-refractivity contribution is 7.91. The summed E-state index contributed by atoms with van der Waals surface area (Å²) in [5.74, 6) is -0.535. The summed E-state index contributed by atoms with van der Waals surface area (Å²) in [4.78, 5) is 16.6. The molecule has 25 heavy (non-hydrogen) atoms. The summed E-state index contributed by atoms with van der Waals surface area (Å²) < 4.78 is 26.1. The van der Waals surface area contributed by atoms with Crippen molar-refractivity contribution in [3.05, 3.63) is 78.9 Å². The van der Waals surface area contributed by atoms with Crippen molar-refractivity contribution in [3.8, 4) is 5.69 Å². The fourth-order valence-corrected chi connectivity index (χ4v) is 3.57. The van der Waals surface area contributed by atoms with E-state index in [-0.39, 0.29) is 23.1 Å². The van der Waals surface area contributed by atoms with Crippen LogP contribution in [-0.4, -0.2) is 36.2 Å². The highest BCUT2D eigenvalue weighted by Crippen LogP contribution is 2.11. The van der Waals surface area contributed by atoms with E-state index < -0.39 is 9.84 Å². The zero-order chi connectivity index (χ0) is 17.7. The van der Waals surface area contributed by atoms with Crippen LogP contribution in [0.25, 0.3) is 5.69 Å². The topological polar surface area (TPSA) is 81.1 Å². The molecule has 0 spiro atoms. The normalized spacial score (nSPS) is 11.2. The van der Waals surface area contributed by atoms with E-state index in [0.717, 1.165) is 5.69 Å². The van der Waals surface area contributed by atoms with Crippen LogP contribution >= 0.6 is 0 Å². The molecule has 7 heteroatoms. The summed E-state index contributed by atoms with van der Waals surface area (Å²) in [7, 11) is -3.42. The second kappa shape index (κ2) is 7.31. The quantitative estimate of drug-likeness (QED) is 0.734. The summed E-state index contributed by atoms with van der Waals surface area (Å²) in [6.45, 7) is 0.0238. The van der Waals surface area contributed by atoms with E-state index in [0.29, 0.717) is 5.69 Å². The molecule has 0 aliphatic carbocycles. The van der Waals surface area contributed by atoms with E-state index in [1.807, 2.05) is 30.3 Å². The van der Waals surface area contributed by atoms with Crippen molar-refractivity contribution >= 4 is 15.7 Å². The molecule has 0 atom stereocenters. The lowest BCUT2D eigenvalue weighted by Crippen LogP contribution is -2.30. The van der Waals surface area contributed by atoms with E-state index in [4.69, 9.17) is 0 Å². The molecule has 0 unspecified atom stereocenters. The Hall–Kier alpha value is -2.93. The lowest BCUT2D eigenvalue weighted by atomic mass is 10.3. The van der Waals surface area contributed by atoms with E-state index >= 15 is 0 Å². The minimum Gasteiger partial charge on any atom is -0.350 e. The number of benzene rings is 2. The molecule has 0 saturated heterocycles. The molecule has 3 rings (SSSR count). The second-order valence-electron chi connectivity index (χ2n) is 5.37. The van der Waals surface area contributed by atoms with Crippen molar-refractivity contribution in [2.45, 2.75) is 4.90 Å². The van der Waals surface area contributed by atoms with Crippen LogP contribution in [-0.2, 0) is 9.84 Å². The number of rotatable bonds is 6. The van der Waals surface area contributed by atoms with Gasteiger partial charge in [0.1, 0.15) is 5.69 Å². The molecule has 1 heterocycles. The standard InChI is InChI=1S/C18H17N3O3S/c22-18(17-13-19-14-21(17)15-7-3-1-4-8-15)20-11-12-25(23,24)16-9-5-2-6-10-16/h1-10,13-14H,11-12H2,(H,20,22). The van der Waals surface area contributed by atoms with E-state index in [1.165, 1.54) is 6.20 Å². The Morgan fingerprint density at radius 1 is 1.00 bits per heavy atom. The van der Waals surface area contributed by atoms with Crippen LogP contribution in [0.3, 0.4) is 0 Å². The predicted molar refractivity (Wildman–Crippen MR) is 94.4 cm³/mol. The molecule has 128 valence electrons. The molecule has 0 radical (unpaired) electrons. The summed E-state index contributed by atoms with van der Waals surface area (Å²) in [6, 6.07) is 17.5. The number of hydrogen-bond acceptors (Lipinski definition) is 4. The van der Waals surface area contributed by atoms with Crippen LogP contribution in [0, 0.1) is 0 Å². The first-order valence-electron chi connectivity index (χ1n) is 7.72. The fraction of sp³-hybridized carbons (Fsp3) is 0.111. The van der Waals surface area contributed by atoms with Crippen molar-refractivity contribution in [2.24, 2.45) is 0 Å². The number of nitrogens with one attached hydrogen (secondary N) is 1. The molecule has 0 aliphatic heterocycles. The summed E-state index contributed by atoms with van der Waals surface area (Å²) in [5.41, 5.74) is 1.16. The largest absolute Gasteiger partial charge is 0.350 e.